The molecule has 13 heteroatoms. The lowest BCUT2D eigenvalue weighted by Gasteiger charge is -2.62. The summed E-state index contributed by atoms with van der Waals surface area (Å²) in [6.07, 6.45) is 4.31. The van der Waals surface area contributed by atoms with Crippen molar-refractivity contribution in [2.24, 2.45) is 29.1 Å². The molecule has 4 atom stereocenters. The number of hydrogen-bond donors (Lipinski definition) is 3. The summed E-state index contributed by atoms with van der Waals surface area (Å²) in [4.78, 5) is 28.6. The average molecular weight is 745 g/mol. The third kappa shape index (κ3) is 8.02. The van der Waals surface area contributed by atoms with Crippen LogP contribution in [-0.4, -0.2) is 76.1 Å². The number of para-hydroxylation sites is 1. The van der Waals surface area contributed by atoms with Gasteiger partial charge in [-0.15, -0.1) is 0 Å². The van der Waals surface area contributed by atoms with E-state index in [2.05, 4.69) is 70.2 Å². The van der Waals surface area contributed by atoms with E-state index in [0.717, 1.165) is 69.2 Å². The molecule has 53 heavy (non-hydrogen) atoms. The van der Waals surface area contributed by atoms with E-state index < -0.39 is 20.9 Å². The molecule has 5 fully saturated rings. The Morgan fingerprint density at radius 3 is 2.36 bits per heavy atom. The summed E-state index contributed by atoms with van der Waals surface area (Å²) < 4.78 is 33.7. The first-order valence-electron chi connectivity index (χ1n) is 19.0. The number of carbonyl (C=O) groups is 1. The van der Waals surface area contributed by atoms with Crippen LogP contribution in [0.3, 0.4) is 0 Å². The van der Waals surface area contributed by atoms with E-state index in [0.29, 0.717) is 43.1 Å². The van der Waals surface area contributed by atoms with Gasteiger partial charge in [-0.05, 0) is 103 Å². The average Bonchev–Trinajstić information content (AvgIpc) is 3.15. The molecule has 3 aromatic rings. The zero-order chi connectivity index (χ0) is 37.3. The van der Waals surface area contributed by atoms with Crippen LogP contribution in [0.5, 0.6) is 0 Å². The number of anilines is 3. The van der Waals surface area contributed by atoms with Gasteiger partial charge in [-0.2, -0.15) is 0 Å². The van der Waals surface area contributed by atoms with Gasteiger partial charge in [-0.1, -0.05) is 39.0 Å². The minimum atomic E-state index is -4.37. The Balaban J connectivity index is 0.916. The second kappa shape index (κ2) is 15.3. The van der Waals surface area contributed by atoms with Gasteiger partial charge >= 0.3 is 0 Å². The highest BCUT2D eigenvalue weighted by Gasteiger charge is 2.56. The maximum atomic E-state index is 13.2. The van der Waals surface area contributed by atoms with Crippen LogP contribution in [0, 0.1) is 39.2 Å². The standard InChI is InChI=1S/C40H52N6O6S/c1-27-34-22-31(40(34,2)3)23-37(27)42-35-7-5-4-6-30(35)26-44-16-18-45(19-17-44)32-10-8-29(9-11-32)39(47)43-53(50,51)33-12-13-36(38(24-33)46(48)49)41-25-28-14-20-52-21-15-28/h4-13,24,27-28,31,34,37,41-42H,14-23,25-26H2,1-3H3,(H,43,47). The second-order valence-corrected chi connectivity index (χ2v) is 17.7. The van der Waals surface area contributed by atoms with Gasteiger partial charge in [0.15, 0.2) is 0 Å². The van der Waals surface area contributed by atoms with Crippen molar-refractivity contribution >= 4 is 38.7 Å². The summed E-state index contributed by atoms with van der Waals surface area (Å²) in [7, 11) is -4.37. The molecule has 0 aromatic heterocycles. The number of carbonyl (C=O) groups excluding carboxylic acids is 1. The molecule has 2 heterocycles. The van der Waals surface area contributed by atoms with E-state index in [1.165, 1.54) is 36.2 Å². The topological polar surface area (TPSA) is 146 Å². The molecule has 2 bridgehead atoms. The smallest absolute Gasteiger partial charge is 0.293 e. The van der Waals surface area contributed by atoms with Crippen LogP contribution in [0.2, 0.25) is 0 Å². The van der Waals surface area contributed by atoms with Crippen molar-refractivity contribution in [2.75, 3.05) is 61.5 Å². The number of nitro benzene ring substituents is 1. The molecule has 0 radical (unpaired) electrons. The minimum Gasteiger partial charge on any atom is -0.382 e. The van der Waals surface area contributed by atoms with Crippen LogP contribution in [0.4, 0.5) is 22.7 Å². The molecule has 5 aliphatic rings. The lowest BCUT2D eigenvalue weighted by molar-refractivity contribution is -0.384. The Morgan fingerprint density at radius 2 is 1.68 bits per heavy atom. The van der Waals surface area contributed by atoms with E-state index in [9.17, 15) is 23.3 Å². The number of fused-ring (bicyclic) bond motifs is 2. The predicted molar refractivity (Wildman–Crippen MR) is 207 cm³/mol. The first kappa shape index (κ1) is 37.1. The van der Waals surface area contributed by atoms with Crippen LogP contribution < -0.4 is 20.3 Å². The highest BCUT2D eigenvalue weighted by atomic mass is 32.2. The first-order chi connectivity index (χ1) is 25.4. The van der Waals surface area contributed by atoms with Crippen molar-refractivity contribution in [2.45, 2.75) is 63.9 Å². The van der Waals surface area contributed by atoms with E-state index in [-0.39, 0.29) is 21.8 Å². The summed E-state index contributed by atoms with van der Waals surface area (Å²) in [5.74, 6) is 1.76. The molecule has 2 aliphatic heterocycles. The Morgan fingerprint density at radius 1 is 0.962 bits per heavy atom. The van der Waals surface area contributed by atoms with Crippen LogP contribution in [0.15, 0.2) is 71.6 Å². The van der Waals surface area contributed by atoms with Crippen molar-refractivity contribution < 1.29 is 22.9 Å². The van der Waals surface area contributed by atoms with Gasteiger partial charge in [0.1, 0.15) is 5.69 Å². The zero-order valence-corrected chi connectivity index (χ0v) is 31.7. The van der Waals surface area contributed by atoms with Crippen molar-refractivity contribution in [1.82, 2.24) is 9.62 Å². The molecule has 4 unspecified atom stereocenters. The van der Waals surface area contributed by atoms with Gasteiger partial charge in [-0.3, -0.25) is 19.8 Å². The van der Waals surface area contributed by atoms with Crippen LogP contribution in [0.25, 0.3) is 0 Å². The maximum Gasteiger partial charge on any atom is 0.293 e. The fourth-order valence-electron chi connectivity index (χ4n) is 8.99. The van der Waals surface area contributed by atoms with Gasteiger partial charge in [-0.25, -0.2) is 13.1 Å². The molecule has 3 saturated carbocycles. The molecule has 3 N–H and O–H groups in total. The summed E-state index contributed by atoms with van der Waals surface area (Å²) in [6, 6.07) is 19.7. The Kier molecular flexibility index (Phi) is 10.7. The van der Waals surface area contributed by atoms with Gasteiger partial charge in [0.2, 0.25) is 0 Å². The van der Waals surface area contributed by atoms with Crippen molar-refractivity contribution in [3.05, 3.63) is 88.0 Å². The number of sulfonamides is 1. The third-order valence-corrected chi connectivity index (χ3v) is 13.9. The van der Waals surface area contributed by atoms with E-state index in [1.807, 2.05) is 12.1 Å². The molecule has 3 aromatic carbocycles. The predicted octanol–water partition coefficient (Wildman–Crippen LogP) is 6.36. The molecule has 12 nitrogen and oxygen atoms in total. The minimum absolute atomic E-state index is 0.178. The fraction of sp³-hybridized carbons (Fsp3) is 0.525. The summed E-state index contributed by atoms with van der Waals surface area (Å²) in [5, 5.41) is 18.9. The number of piperazine rings is 1. The summed E-state index contributed by atoms with van der Waals surface area (Å²) >= 11 is 0. The Hall–Kier alpha value is -4.20. The molecule has 8 rings (SSSR count). The van der Waals surface area contributed by atoms with Crippen LogP contribution >= 0.6 is 0 Å². The van der Waals surface area contributed by atoms with Crippen molar-refractivity contribution in [3.63, 3.8) is 0 Å². The number of nitrogens with one attached hydrogen (secondary N) is 3. The molecule has 0 spiro atoms. The second-order valence-electron chi connectivity index (χ2n) is 16.0. The monoisotopic (exact) mass is 744 g/mol. The van der Waals surface area contributed by atoms with Gasteiger partial charge in [0.05, 0.1) is 9.82 Å². The van der Waals surface area contributed by atoms with Crippen molar-refractivity contribution in [3.8, 4) is 0 Å². The summed E-state index contributed by atoms with van der Waals surface area (Å²) in [6.45, 7) is 13.4. The number of ether oxygens (including phenoxy) is 1. The zero-order valence-electron chi connectivity index (χ0n) is 30.9. The number of benzene rings is 3. The summed E-state index contributed by atoms with van der Waals surface area (Å²) in [5.41, 5.74) is 4.03. The molecule has 1 amide bonds. The van der Waals surface area contributed by atoms with Crippen LogP contribution in [-0.2, 0) is 21.3 Å². The normalized spacial score (nSPS) is 24.5. The Bertz CT molecular complexity index is 1910. The highest BCUT2D eigenvalue weighted by molar-refractivity contribution is 7.90. The van der Waals surface area contributed by atoms with Gasteiger partial charge < -0.3 is 20.3 Å². The highest BCUT2D eigenvalue weighted by Crippen LogP contribution is 2.61. The Labute approximate surface area is 312 Å². The van der Waals surface area contributed by atoms with Gasteiger partial charge in [0, 0.05) is 81.5 Å². The SMILES string of the molecule is CC1C(Nc2ccccc2CN2CCN(c3ccc(C(=O)NS(=O)(=O)c4ccc(NCC5CCOCC5)c([N+](=O)[O-])c4)cc3)CC2)CC2CC1C2(C)C. The number of nitro groups is 1. The molecule has 2 saturated heterocycles. The van der Waals surface area contributed by atoms with Crippen LogP contribution in [0.1, 0.15) is 62.4 Å². The first-order valence-corrected chi connectivity index (χ1v) is 20.5. The lowest BCUT2D eigenvalue weighted by atomic mass is 9.45. The number of hydrogen-bond acceptors (Lipinski definition) is 10. The molecular weight excluding hydrogens is 693 g/mol. The molecule has 284 valence electrons. The van der Waals surface area contributed by atoms with E-state index in [1.54, 1.807) is 12.1 Å². The van der Waals surface area contributed by atoms with E-state index in [4.69, 9.17) is 4.74 Å². The lowest BCUT2D eigenvalue weighted by Crippen LogP contribution is -2.58. The number of amides is 1. The largest absolute Gasteiger partial charge is 0.382 e. The number of rotatable bonds is 12. The molecular formula is C40H52N6O6S. The fourth-order valence-corrected chi connectivity index (χ4v) is 9.99. The molecule has 3 aliphatic carbocycles. The maximum absolute atomic E-state index is 13.2. The third-order valence-electron chi connectivity index (χ3n) is 12.6. The van der Waals surface area contributed by atoms with Gasteiger partial charge in [0.25, 0.3) is 21.6 Å². The van der Waals surface area contributed by atoms with E-state index >= 15 is 0 Å². The van der Waals surface area contributed by atoms with Crippen molar-refractivity contribution in [1.29, 1.82) is 0 Å². The number of nitrogens with zero attached hydrogens (tertiary/aromatic N) is 3. The quantitative estimate of drug-likeness (QED) is 0.142.